The lowest BCUT2D eigenvalue weighted by Crippen LogP contribution is -1.96. The monoisotopic (exact) mass is 329 g/mol. The molecule has 3 rings (SSSR count). The van der Waals surface area contributed by atoms with Crippen LogP contribution in [0.15, 0.2) is 95.8 Å². The molecule has 3 aromatic carbocycles. The molecule has 0 heterocycles. The first-order valence-electron chi connectivity index (χ1n) is 7.94. The third-order valence-electron chi connectivity index (χ3n) is 3.81. The Hall–Kier alpha value is -3.40. The van der Waals surface area contributed by atoms with E-state index in [1.54, 1.807) is 0 Å². The van der Waals surface area contributed by atoms with Crippen molar-refractivity contribution in [3.8, 4) is 16.9 Å². The molecule has 0 aliphatic carbocycles. The van der Waals surface area contributed by atoms with Gasteiger partial charge in [-0.2, -0.15) is 0 Å². The van der Waals surface area contributed by atoms with Gasteiger partial charge in [0.2, 0.25) is 0 Å². The summed E-state index contributed by atoms with van der Waals surface area (Å²) in [6.45, 7) is 4.30. The lowest BCUT2D eigenvalue weighted by Gasteiger charge is -2.09. The third-order valence-corrected chi connectivity index (χ3v) is 3.81. The maximum absolute atomic E-state index is 5.87. The molecule has 0 aliphatic rings. The molecule has 0 spiro atoms. The van der Waals surface area contributed by atoms with Gasteiger partial charge in [0, 0.05) is 5.56 Å². The van der Waals surface area contributed by atoms with Gasteiger partial charge < -0.3 is 10.6 Å². The van der Waals surface area contributed by atoms with Gasteiger partial charge in [0.1, 0.15) is 12.4 Å². The number of ether oxygens (including phenoxy) is 1. The maximum Gasteiger partial charge on any atom is 0.119 e. The summed E-state index contributed by atoms with van der Waals surface area (Å²) in [5.74, 6) is 5.89. The molecule has 0 unspecified atom stereocenters. The normalized spacial score (nSPS) is 10.7. The van der Waals surface area contributed by atoms with Crippen molar-refractivity contribution in [2.45, 2.75) is 6.61 Å². The van der Waals surface area contributed by atoms with E-state index in [1.807, 2.05) is 54.6 Å². The van der Waals surface area contributed by atoms with Crippen LogP contribution in [0.2, 0.25) is 0 Å². The van der Waals surface area contributed by atoms with E-state index >= 15 is 0 Å². The summed E-state index contributed by atoms with van der Waals surface area (Å²) >= 11 is 0. The van der Waals surface area contributed by atoms with Crippen LogP contribution in [-0.4, -0.2) is 0 Å². The minimum atomic E-state index is 0.464. The molecule has 0 atom stereocenters. The van der Waals surface area contributed by atoms with Crippen LogP contribution in [0.4, 0.5) is 0 Å². The zero-order chi connectivity index (χ0) is 17.5. The van der Waals surface area contributed by atoms with Crippen molar-refractivity contribution in [3.63, 3.8) is 0 Å². The summed E-state index contributed by atoms with van der Waals surface area (Å²) in [5.41, 5.74) is 4.78. The highest BCUT2D eigenvalue weighted by Gasteiger charge is 2.02. The van der Waals surface area contributed by atoms with Crippen molar-refractivity contribution < 1.29 is 4.74 Å². The Morgan fingerprint density at radius 1 is 0.880 bits per heavy atom. The molecule has 2 N–H and O–H groups in total. The van der Waals surface area contributed by atoms with Gasteiger partial charge in [-0.3, -0.25) is 0 Å². The maximum atomic E-state index is 5.87. The summed E-state index contributed by atoms with van der Waals surface area (Å²) in [6.07, 6.45) is 0. The van der Waals surface area contributed by atoms with E-state index in [1.165, 1.54) is 11.1 Å². The first-order chi connectivity index (χ1) is 12.3. The average Bonchev–Trinajstić information content (AvgIpc) is 2.68. The van der Waals surface area contributed by atoms with E-state index in [9.17, 15) is 0 Å². The Kier molecular flexibility index (Phi) is 5.22. The smallest absolute Gasteiger partial charge is 0.119 e. The fourth-order valence-electron chi connectivity index (χ4n) is 2.51. The average molecular weight is 329 g/mol. The van der Waals surface area contributed by atoms with E-state index < -0.39 is 0 Å². The molecule has 0 radical (unpaired) electrons. The van der Waals surface area contributed by atoms with Crippen LogP contribution in [0.1, 0.15) is 11.1 Å². The molecular formula is C21H19N3O. The second-order valence-corrected chi connectivity index (χ2v) is 5.54. The van der Waals surface area contributed by atoms with Gasteiger partial charge in [-0.05, 0) is 34.9 Å². The molecule has 0 aromatic heterocycles. The van der Waals surface area contributed by atoms with Gasteiger partial charge >= 0.3 is 0 Å². The minimum Gasteiger partial charge on any atom is -0.489 e. The molecule has 0 aliphatic heterocycles. The SMILES string of the molecule is C=C(N=NN)c1cccc(COc2ccc(-c3ccccc3)cc2)c1. The van der Waals surface area contributed by atoms with Gasteiger partial charge in [-0.25, -0.2) is 0 Å². The van der Waals surface area contributed by atoms with E-state index in [0.29, 0.717) is 12.3 Å². The minimum absolute atomic E-state index is 0.464. The summed E-state index contributed by atoms with van der Waals surface area (Å²) in [7, 11) is 0. The van der Waals surface area contributed by atoms with Crippen LogP contribution >= 0.6 is 0 Å². The Balaban J connectivity index is 1.66. The topological polar surface area (TPSA) is 60.0 Å². The summed E-state index contributed by atoms with van der Waals surface area (Å²) in [4.78, 5) is 0. The lowest BCUT2D eigenvalue weighted by molar-refractivity contribution is 0.306. The number of nitrogens with zero attached hydrogens (tertiary/aromatic N) is 2. The van der Waals surface area contributed by atoms with Crippen molar-refractivity contribution in [2.24, 2.45) is 16.2 Å². The van der Waals surface area contributed by atoms with Gasteiger partial charge in [0.15, 0.2) is 0 Å². The van der Waals surface area contributed by atoms with Crippen LogP contribution in [0, 0.1) is 0 Å². The van der Waals surface area contributed by atoms with Crippen LogP contribution in [-0.2, 0) is 6.61 Å². The molecule has 3 aromatic rings. The van der Waals surface area contributed by atoms with Gasteiger partial charge in [-0.1, -0.05) is 72.5 Å². The molecular weight excluding hydrogens is 310 g/mol. The van der Waals surface area contributed by atoms with E-state index in [-0.39, 0.29) is 0 Å². The van der Waals surface area contributed by atoms with Crippen LogP contribution in [0.3, 0.4) is 0 Å². The largest absolute Gasteiger partial charge is 0.489 e. The second-order valence-electron chi connectivity index (χ2n) is 5.54. The van der Waals surface area contributed by atoms with Crippen LogP contribution < -0.4 is 10.6 Å². The molecule has 124 valence electrons. The standard InChI is InChI=1S/C21H19N3O/c1-16(23-24-22)20-9-5-6-17(14-20)15-25-21-12-10-19(11-13-21)18-7-3-2-4-8-18/h2-14H,1,15H2,(H2,22,23). The number of nitrogens with two attached hydrogens (primary N) is 1. The molecule has 0 amide bonds. The quantitative estimate of drug-likeness (QED) is 0.382. The highest BCUT2D eigenvalue weighted by Crippen LogP contribution is 2.23. The predicted molar refractivity (Wildman–Crippen MR) is 101 cm³/mol. The zero-order valence-electron chi connectivity index (χ0n) is 13.8. The van der Waals surface area contributed by atoms with Crippen molar-refractivity contribution >= 4 is 5.70 Å². The molecule has 0 bridgehead atoms. The Morgan fingerprint density at radius 3 is 2.32 bits per heavy atom. The van der Waals surface area contributed by atoms with Crippen LogP contribution in [0.5, 0.6) is 5.75 Å². The number of benzene rings is 3. The predicted octanol–water partition coefficient (Wildman–Crippen LogP) is 5.23. The Labute approximate surface area is 147 Å². The van der Waals surface area contributed by atoms with Gasteiger partial charge in [-0.15, -0.1) is 5.11 Å². The molecule has 0 saturated heterocycles. The first kappa shape index (κ1) is 16.5. The fraction of sp³-hybridized carbons (Fsp3) is 0.0476. The lowest BCUT2D eigenvalue weighted by atomic mass is 10.1. The van der Waals surface area contributed by atoms with E-state index in [2.05, 4.69) is 41.2 Å². The van der Waals surface area contributed by atoms with Crippen molar-refractivity contribution in [3.05, 3.63) is 96.6 Å². The number of hydrogen-bond donors (Lipinski definition) is 1. The highest BCUT2D eigenvalue weighted by atomic mass is 16.5. The van der Waals surface area contributed by atoms with Crippen molar-refractivity contribution in [1.29, 1.82) is 0 Å². The molecule has 0 fully saturated rings. The van der Waals surface area contributed by atoms with Crippen LogP contribution in [0.25, 0.3) is 16.8 Å². The summed E-state index contributed by atoms with van der Waals surface area (Å²) < 4.78 is 5.87. The van der Waals surface area contributed by atoms with Crippen molar-refractivity contribution in [2.75, 3.05) is 0 Å². The van der Waals surface area contributed by atoms with Gasteiger partial charge in [0.05, 0.1) is 5.70 Å². The molecule has 4 nitrogen and oxygen atoms in total. The van der Waals surface area contributed by atoms with Gasteiger partial charge in [0.25, 0.3) is 0 Å². The number of rotatable bonds is 6. The second kappa shape index (κ2) is 7.93. The molecule has 4 heteroatoms. The number of hydrogen-bond acceptors (Lipinski definition) is 3. The Bertz CT molecular complexity index is 871. The van der Waals surface area contributed by atoms with E-state index in [4.69, 9.17) is 10.6 Å². The zero-order valence-corrected chi connectivity index (χ0v) is 13.8. The summed E-state index contributed by atoms with van der Waals surface area (Å²) in [6, 6.07) is 26.1. The Morgan fingerprint density at radius 2 is 1.60 bits per heavy atom. The van der Waals surface area contributed by atoms with E-state index in [0.717, 1.165) is 16.9 Å². The first-order valence-corrected chi connectivity index (χ1v) is 7.94. The van der Waals surface area contributed by atoms with Crippen molar-refractivity contribution in [1.82, 2.24) is 0 Å². The summed E-state index contributed by atoms with van der Waals surface area (Å²) in [5, 5.41) is 7.02. The third kappa shape index (κ3) is 4.32. The fourth-order valence-corrected chi connectivity index (χ4v) is 2.51. The molecule has 0 saturated carbocycles. The highest BCUT2D eigenvalue weighted by molar-refractivity contribution is 5.64. The molecule has 25 heavy (non-hydrogen) atoms.